The molecule has 2 aromatic rings. The molecule has 0 aliphatic rings. The van der Waals surface area contributed by atoms with E-state index in [1.807, 2.05) is 14.0 Å². The van der Waals surface area contributed by atoms with Gasteiger partial charge in [-0.05, 0) is 39.0 Å². The summed E-state index contributed by atoms with van der Waals surface area (Å²) in [6.07, 6.45) is 6.08. The van der Waals surface area contributed by atoms with Crippen LogP contribution in [-0.4, -0.2) is 38.3 Å². The molecule has 2 rings (SSSR count). The minimum absolute atomic E-state index is 0.420. The van der Waals surface area contributed by atoms with Crippen molar-refractivity contribution in [3.8, 4) is 6.07 Å². The summed E-state index contributed by atoms with van der Waals surface area (Å²) < 4.78 is 0. The predicted octanol–water partition coefficient (Wildman–Crippen LogP) is 2.12. The first kappa shape index (κ1) is 14.8. The zero-order valence-electron chi connectivity index (χ0n) is 11.7. The highest BCUT2D eigenvalue weighted by atomic mass is 32.2. The molecule has 0 aromatic carbocycles. The number of imidazole rings is 1. The van der Waals surface area contributed by atoms with E-state index in [0.29, 0.717) is 5.65 Å². The number of thioether (sulfide) groups is 1. The first-order valence-electron chi connectivity index (χ1n) is 6.55. The Hall–Kier alpha value is -1.65. The molecule has 2 N–H and O–H groups in total. The SMILES string of the molecule is CNC(C)(C#N)CCCCSc1ncnc2nc[nH]c12. The Kier molecular flexibility index (Phi) is 4.93. The number of rotatable bonds is 7. The van der Waals surface area contributed by atoms with E-state index < -0.39 is 5.54 Å². The van der Waals surface area contributed by atoms with E-state index in [-0.39, 0.29) is 0 Å². The van der Waals surface area contributed by atoms with E-state index >= 15 is 0 Å². The number of fused-ring (bicyclic) bond motifs is 1. The van der Waals surface area contributed by atoms with Crippen LogP contribution in [0.2, 0.25) is 0 Å². The smallest absolute Gasteiger partial charge is 0.181 e. The van der Waals surface area contributed by atoms with Gasteiger partial charge in [0.1, 0.15) is 22.4 Å². The van der Waals surface area contributed by atoms with E-state index in [4.69, 9.17) is 5.26 Å². The molecule has 0 saturated heterocycles. The number of nitrogens with zero attached hydrogens (tertiary/aromatic N) is 4. The van der Waals surface area contributed by atoms with Gasteiger partial charge in [0.25, 0.3) is 0 Å². The first-order valence-corrected chi connectivity index (χ1v) is 7.54. The van der Waals surface area contributed by atoms with Crippen LogP contribution < -0.4 is 5.32 Å². The molecule has 0 amide bonds. The van der Waals surface area contributed by atoms with Crippen molar-refractivity contribution in [2.24, 2.45) is 0 Å². The van der Waals surface area contributed by atoms with Gasteiger partial charge in [0.05, 0.1) is 12.4 Å². The summed E-state index contributed by atoms with van der Waals surface area (Å²) >= 11 is 1.69. The quantitative estimate of drug-likeness (QED) is 0.461. The molecule has 0 radical (unpaired) electrons. The molecule has 0 aliphatic carbocycles. The van der Waals surface area contributed by atoms with Crippen LogP contribution in [0.3, 0.4) is 0 Å². The maximum Gasteiger partial charge on any atom is 0.181 e. The van der Waals surface area contributed by atoms with Gasteiger partial charge in [0.2, 0.25) is 0 Å². The minimum Gasteiger partial charge on any atom is -0.341 e. The van der Waals surface area contributed by atoms with Gasteiger partial charge in [0.15, 0.2) is 5.65 Å². The molecular formula is C13H18N6S. The Bertz CT molecular complexity index is 604. The summed E-state index contributed by atoms with van der Waals surface area (Å²) in [6.45, 7) is 1.93. The second kappa shape index (κ2) is 6.68. The number of aromatic nitrogens is 4. The number of H-pyrrole nitrogens is 1. The Morgan fingerprint density at radius 3 is 3.00 bits per heavy atom. The largest absolute Gasteiger partial charge is 0.341 e. The van der Waals surface area contributed by atoms with Crippen molar-refractivity contribution in [1.82, 2.24) is 25.3 Å². The summed E-state index contributed by atoms with van der Waals surface area (Å²) in [6, 6.07) is 2.31. The summed E-state index contributed by atoms with van der Waals surface area (Å²) in [4.78, 5) is 15.5. The third-order valence-electron chi connectivity index (χ3n) is 3.30. The lowest BCUT2D eigenvalue weighted by molar-refractivity contribution is 0.439. The maximum atomic E-state index is 9.07. The molecule has 20 heavy (non-hydrogen) atoms. The maximum absolute atomic E-state index is 9.07. The molecular weight excluding hydrogens is 272 g/mol. The van der Waals surface area contributed by atoms with Gasteiger partial charge < -0.3 is 10.3 Å². The molecule has 7 heteroatoms. The van der Waals surface area contributed by atoms with E-state index in [9.17, 15) is 0 Å². The van der Waals surface area contributed by atoms with E-state index in [0.717, 1.165) is 35.6 Å². The van der Waals surface area contributed by atoms with Gasteiger partial charge in [0, 0.05) is 0 Å². The molecule has 0 spiro atoms. The summed E-state index contributed by atoms with van der Waals surface area (Å²) in [5, 5.41) is 13.1. The van der Waals surface area contributed by atoms with Crippen LogP contribution >= 0.6 is 11.8 Å². The summed E-state index contributed by atoms with van der Waals surface area (Å²) in [7, 11) is 1.83. The second-order valence-corrected chi connectivity index (χ2v) is 5.86. The fraction of sp³-hybridized carbons (Fsp3) is 0.538. The van der Waals surface area contributed by atoms with Crippen molar-refractivity contribution in [3.05, 3.63) is 12.7 Å². The van der Waals surface area contributed by atoms with Gasteiger partial charge in [-0.15, -0.1) is 11.8 Å². The van der Waals surface area contributed by atoms with Gasteiger partial charge in [-0.25, -0.2) is 15.0 Å². The number of nitrogens with one attached hydrogen (secondary N) is 2. The van der Waals surface area contributed by atoms with Crippen LogP contribution in [0.15, 0.2) is 17.7 Å². The highest BCUT2D eigenvalue weighted by Crippen LogP contribution is 2.23. The minimum atomic E-state index is -0.420. The average Bonchev–Trinajstić information content (AvgIpc) is 2.96. The lowest BCUT2D eigenvalue weighted by Crippen LogP contribution is -2.37. The number of hydrogen-bond acceptors (Lipinski definition) is 6. The van der Waals surface area contributed by atoms with Crippen LogP contribution in [0.1, 0.15) is 26.2 Å². The summed E-state index contributed by atoms with van der Waals surface area (Å²) in [5.41, 5.74) is 1.18. The number of aromatic amines is 1. The van der Waals surface area contributed by atoms with Gasteiger partial charge >= 0.3 is 0 Å². The highest BCUT2D eigenvalue weighted by molar-refractivity contribution is 7.99. The van der Waals surface area contributed by atoms with Crippen LogP contribution in [0.4, 0.5) is 0 Å². The molecule has 2 aromatic heterocycles. The third kappa shape index (κ3) is 3.46. The Morgan fingerprint density at radius 1 is 1.40 bits per heavy atom. The molecule has 106 valence electrons. The van der Waals surface area contributed by atoms with Crippen molar-refractivity contribution >= 4 is 22.9 Å². The monoisotopic (exact) mass is 290 g/mol. The summed E-state index contributed by atoms with van der Waals surface area (Å²) in [5.74, 6) is 0.969. The average molecular weight is 290 g/mol. The van der Waals surface area contributed by atoms with Gasteiger partial charge in [-0.2, -0.15) is 5.26 Å². The fourth-order valence-corrected chi connectivity index (χ4v) is 2.80. The van der Waals surface area contributed by atoms with Crippen molar-refractivity contribution in [2.75, 3.05) is 12.8 Å². The highest BCUT2D eigenvalue weighted by Gasteiger charge is 2.19. The molecule has 0 bridgehead atoms. The topological polar surface area (TPSA) is 90.3 Å². The number of unbranched alkanes of at least 4 members (excludes halogenated alkanes) is 1. The first-order chi connectivity index (χ1) is 9.68. The molecule has 0 saturated carbocycles. The van der Waals surface area contributed by atoms with Crippen molar-refractivity contribution in [3.63, 3.8) is 0 Å². The molecule has 1 atom stereocenters. The Morgan fingerprint density at radius 2 is 2.25 bits per heavy atom. The number of hydrogen-bond donors (Lipinski definition) is 2. The predicted molar refractivity (Wildman–Crippen MR) is 79.3 cm³/mol. The van der Waals surface area contributed by atoms with E-state index in [1.165, 1.54) is 0 Å². The number of nitriles is 1. The standard InChI is InChI=1S/C13H18N6S/c1-13(7-14,15-2)5-3-4-6-20-12-10-11(17-8-16-10)18-9-19-12/h8-9,15H,3-6H2,1-2H3,(H,16,17,18,19). The van der Waals surface area contributed by atoms with Gasteiger partial charge in [-0.3, -0.25) is 0 Å². The zero-order valence-corrected chi connectivity index (χ0v) is 12.5. The van der Waals surface area contributed by atoms with Crippen molar-refractivity contribution in [2.45, 2.75) is 36.8 Å². The third-order valence-corrected chi connectivity index (χ3v) is 4.37. The lowest BCUT2D eigenvalue weighted by atomic mass is 9.97. The van der Waals surface area contributed by atoms with E-state index in [1.54, 1.807) is 24.4 Å². The zero-order chi connectivity index (χ0) is 14.4. The molecule has 0 aliphatic heterocycles. The van der Waals surface area contributed by atoms with Crippen LogP contribution in [0.5, 0.6) is 0 Å². The normalized spacial score (nSPS) is 14.1. The van der Waals surface area contributed by atoms with E-state index in [2.05, 4.69) is 31.3 Å². The lowest BCUT2D eigenvalue weighted by Gasteiger charge is -2.20. The Balaban J connectivity index is 1.80. The Labute approximate surface area is 122 Å². The molecule has 0 fully saturated rings. The fourth-order valence-electron chi connectivity index (χ4n) is 1.84. The van der Waals surface area contributed by atoms with Crippen LogP contribution in [0, 0.1) is 11.3 Å². The second-order valence-electron chi connectivity index (χ2n) is 4.78. The van der Waals surface area contributed by atoms with Crippen molar-refractivity contribution < 1.29 is 0 Å². The molecule has 1 unspecified atom stereocenters. The molecule has 6 nitrogen and oxygen atoms in total. The van der Waals surface area contributed by atoms with Crippen LogP contribution in [-0.2, 0) is 0 Å². The molecule has 2 heterocycles. The van der Waals surface area contributed by atoms with Crippen molar-refractivity contribution in [1.29, 1.82) is 5.26 Å². The van der Waals surface area contributed by atoms with Gasteiger partial charge in [-0.1, -0.05) is 0 Å². The van der Waals surface area contributed by atoms with Crippen LogP contribution in [0.25, 0.3) is 11.2 Å².